The number of rotatable bonds is 6. The van der Waals surface area contributed by atoms with Crippen LogP contribution in [0.5, 0.6) is 5.75 Å². The third kappa shape index (κ3) is 3.67. The number of ether oxygens (including phenoxy) is 1. The number of methoxy groups -OCH3 is 1. The lowest BCUT2D eigenvalue weighted by Gasteiger charge is -2.21. The van der Waals surface area contributed by atoms with Gasteiger partial charge < -0.3 is 4.74 Å². The van der Waals surface area contributed by atoms with E-state index in [0.717, 1.165) is 28.5 Å². The van der Waals surface area contributed by atoms with Gasteiger partial charge in [-0.2, -0.15) is 0 Å². The van der Waals surface area contributed by atoms with Crippen LogP contribution in [0.25, 0.3) is 0 Å². The number of para-hydroxylation sites is 3. The van der Waals surface area contributed by atoms with E-state index in [1.165, 1.54) is 0 Å². The molecule has 5 heteroatoms. The van der Waals surface area contributed by atoms with Gasteiger partial charge in [-0.1, -0.05) is 59.8 Å². The highest BCUT2D eigenvalue weighted by Gasteiger charge is 2.15. The Morgan fingerprint density at radius 3 is 2.04 bits per heavy atom. The lowest BCUT2D eigenvalue weighted by molar-refractivity contribution is 0.407. The summed E-state index contributed by atoms with van der Waals surface area (Å²) in [5, 5.41) is 8.75. The van der Waals surface area contributed by atoms with Crippen LogP contribution in [0.4, 0.5) is 17.2 Å². The van der Waals surface area contributed by atoms with Crippen LogP contribution < -0.4 is 9.64 Å². The van der Waals surface area contributed by atoms with Gasteiger partial charge in [-0.3, -0.25) is 4.90 Å². The van der Waals surface area contributed by atoms with Crippen LogP contribution >= 0.6 is 0 Å². The van der Waals surface area contributed by atoms with E-state index in [-0.39, 0.29) is 0 Å². The van der Waals surface area contributed by atoms with E-state index < -0.39 is 0 Å². The minimum absolute atomic E-state index is 0.592. The van der Waals surface area contributed by atoms with Crippen molar-refractivity contribution in [1.82, 2.24) is 15.0 Å². The third-order valence-electron chi connectivity index (χ3n) is 4.31. The first-order chi connectivity index (χ1) is 13.3. The fraction of sp³-hybridized carbons (Fsp3) is 0.0909. The van der Waals surface area contributed by atoms with Crippen molar-refractivity contribution in [2.24, 2.45) is 0 Å². The molecule has 0 saturated carbocycles. The zero-order valence-electron chi connectivity index (χ0n) is 15.1. The molecule has 134 valence electrons. The van der Waals surface area contributed by atoms with Crippen molar-refractivity contribution in [3.05, 3.63) is 96.7 Å². The molecule has 0 atom stereocenters. The molecule has 4 aromatic rings. The Morgan fingerprint density at radius 2 is 1.41 bits per heavy atom. The largest absolute Gasteiger partial charge is 0.496 e. The van der Waals surface area contributed by atoms with Gasteiger partial charge in [0.25, 0.3) is 0 Å². The molecular weight excluding hydrogens is 336 g/mol. The number of nitrogens with zero attached hydrogens (tertiary/aromatic N) is 4. The lowest BCUT2D eigenvalue weighted by atomic mass is 10.2. The van der Waals surface area contributed by atoms with Crippen LogP contribution in [-0.2, 0) is 6.54 Å². The second-order valence-corrected chi connectivity index (χ2v) is 6.09. The number of hydrogen-bond donors (Lipinski definition) is 0. The van der Waals surface area contributed by atoms with E-state index in [1.54, 1.807) is 7.11 Å². The topological polar surface area (TPSA) is 43.2 Å². The number of benzene rings is 3. The van der Waals surface area contributed by atoms with E-state index in [1.807, 2.05) is 71.5 Å². The highest BCUT2D eigenvalue weighted by molar-refractivity contribution is 5.73. The van der Waals surface area contributed by atoms with Crippen molar-refractivity contribution in [3.8, 4) is 5.75 Å². The van der Waals surface area contributed by atoms with Gasteiger partial charge in [-0.05, 0) is 30.3 Å². The van der Waals surface area contributed by atoms with Crippen LogP contribution in [0.2, 0.25) is 0 Å². The minimum atomic E-state index is 0.592. The van der Waals surface area contributed by atoms with Crippen LogP contribution in [0.15, 0.2) is 91.1 Å². The Kier molecular flexibility index (Phi) is 4.83. The number of anilines is 3. The molecule has 0 aliphatic heterocycles. The fourth-order valence-corrected chi connectivity index (χ4v) is 3.04. The SMILES string of the molecule is COc1ccccc1Cn1cc(N(c2ccccc2)c2ccccc2)nn1. The summed E-state index contributed by atoms with van der Waals surface area (Å²) in [5.74, 6) is 1.61. The smallest absolute Gasteiger partial charge is 0.180 e. The maximum atomic E-state index is 5.44. The first-order valence-electron chi connectivity index (χ1n) is 8.77. The van der Waals surface area contributed by atoms with Crippen molar-refractivity contribution in [2.45, 2.75) is 6.54 Å². The Balaban J connectivity index is 1.68. The standard InChI is InChI=1S/C22H20N4O/c1-27-21-15-9-8-10-18(21)16-25-17-22(23-24-25)26(19-11-4-2-5-12-19)20-13-6-3-7-14-20/h2-15,17H,16H2,1H3. The fourth-order valence-electron chi connectivity index (χ4n) is 3.04. The van der Waals surface area contributed by atoms with E-state index in [4.69, 9.17) is 4.74 Å². The first kappa shape index (κ1) is 16.8. The molecule has 27 heavy (non-hydrogen) atoms. The molecule has 0 saturated heterocycles. The van der Waals surface area contributed by atoms with E-state index in [2.05, 4.69) is 39.5 Å². The molecule has 0 unspecified atom stereocenters. The maximum Gasteiger partial charge on any atom is 0.180 e. The van der Waals surface area contributed by atoms with Crippen molar-refractivity contribution < 1.29 is 4.74 Å². The summed E-state index contributed by atoms with van der Waals surface area (Å²) in [5.41, 5.74) is 3.13. The lowest BCUT2D eigenvalue weighted by Crippen LogP contribution is -2.10. The van der Waals surface area contributed by atoms with Gasteiger partial charge in [0.15, 0.2) is 5.82 Å². The minimum Gasteiger partial charge on any atom is -0.496 e. The summed E-state index contributed by atoms with van der Waals surface area (Å²) in [6.07, 6.45) is 1.95. The van der Waals surface area contributed by atoms with Gasteiger partial charge in [0.2, 0.25) is 0 Å². The predicted molar refractivity (Wildman–Crippen MR) is 107 cm³/mol. The van der Waals surface area contributed by atoms with Crippen LogP contribution in [0.1, 0.15) is 5.56 Å². The molecule has 0 spiro atoms. The van der Waals surface area contributed by atoms with Crippen molar-refractivity contribution in [2.75, 3.05) is 12.0 Å². The Bertz CT molecular complexity index is 960. The molecular formula is C22H20N4O. The van der Waals surface area contributed by atoms with Gasteiger partial charge in [-0.25, -0.2) is 4.68 Å². The summed E-state index contributed by atoms with van der Waals surface area (Å²) in [6.45, 7) is 0.592. The van der Waals surface area contributed by atoms with Crippen molar-refractivity contribution in [3.63, 3.8) is 0 Å². The molecule has 1 aromatic heterocycles. The molecule has 0 bridgehead atoms. The van der Waals surface area contributed by atoms with Crippen molar-refractivity contribution >= 4 is 17.2 Å². The number of hydrogen-bond acceptors (Lipinski definition) is 4. The molecule has 3 aromatic carbocycles. The molecule has 1 heterocycles. The van der Waals surface area contributed by atoms with Gasteiger partial charge >= 0.3 is 0 Å². The second kappa shape index (κ2) is 7.74. The normalized spacial score (nSPS) is 10.6. The van der Waals surface area contributed by atoms with Crippen LogP contribution in [0.3, 0.4) is 0 Å². The van der Waals surface area contributed by atoms with Crippen LogP contribution in [0, 0.1) is 0 Å². The quantitative estimate of drug-likeness (QED) is 0.497. The highest BCUT2D eigenvalue weighted by Crippen LogP contribution is 2.32. The zero-order chi connectivity index (χ0) is 18.5. The monoisotopic (exact) mass is 356 g/mol. The van der Waals surface area contributed by atoms with E-state index in [9.17, 15) is 0 Å². The summed E-state index contributed by atoms with van der Waals surface area (Å²) in [4.78, 5) is 2.09. The highest BCUT2D eigenvalue weighted by atomic mass is 16.5. The predicted octanol–water partition coefficient (Wildman–Crippen LogP) is 4.80. The summed E-state index contributed by atoms with van der Waals surface area (Å²) >= 11 is 0. The Morgan fingerprint density at radius 1 is 0.815 bits per heavy atom. The Hall–Kier alpha value is -3.60. The van der Waals surface area contributed by atoms with Crippen LogP contribution in [-0.4, -0.2) is 22.1 Å². The van der Waals surface area contributed by atoms with E-state index in [0.29, 0.717) is 6.54 Å². The zero-order valence-corrected chi connectivity index (χ0v) is 15.1. The van der Waals surface area contributed by atoms with Gasteiger partial charge in [-0.15, -0.1) is 5.10 Å². The molecule has 0 radical (unpaired) electrons. The van der Waals surface area contributed by atoms with Gasteiger partial charge in [0.1, 0.15) is 5.75 Å². The molecule has 0 aliphatic rings. The molecule has 5 nitrogen and oxygen atoms in total. The Labute approximate surface area is 158 Å². The third-order valence-corrected chi connectivity index (χ3v) is 4.31. The summed E-state index contributed by atoms with van der Waals surface area (Å²) in [6, 6.07) is 28.3. The van der Waals surface area contributed by atoms with Crippen molar-refractivity contribution in [1.29, 1.82) is 0 Å². The van der Waals surface area contributed by atoms with E-state index >= 15 is 0 Å². The molecule has 0 N–H and O–H groups in total. The first-order valence-corrected chi connectivity index (χ1v) is 8.77. The van der Waals surface area contributed by atoms with Gasteiger partial charge in [0.05, 0.1) is 19.9 Å². The maximum absolute atomic E-state index is 5.44. The second-order valence-electron chi connectivity index (χ2n) is 6.09. The summed E-state index contributed by atoms with van der Waals surface area (Å²) < 4.78 is 7.26. The number of aromatic nitrogens is 3. The molecule has 0 fully saturated rings. The molecule has 4 rings (SSSR count). The molecule has 0 aliphatic carbocycles. The summed E-state index contributed by atoms with van der Waals surface area (Å²) in [7, 11) is 1.68. The van der Waals surface area contributed by atoms with Gasteiger partial charge in [0, 0.05) is 16.9 Å². The molecule has 0 amide bonds. The average Bonchev–Trinajstić information content (AvgIpc) is 3.18. The average molecular weight is 356 g/mol.